The predicted molar refractivity (Wildman–Crippen MR) is 84.0 cm³/mol. The lowest BCUT2D eigenvalue weighted by Crippen LogP contribution is -2.30. The summed E-state index contributed by atoms with van der Waals surface area (Å²) in [6.07, 6.45) is 6.23. The van der Waals surface area contributed by atoms with Crippen molar-refractivity contribution in [3.63, 3.8) is 0 Å². The lowest BCUT2D eigenvalue weighted by molar-refractivity contribution is 0.0892. The third-order valence-corrected chi connectivity index (χ3v) is 2.91. The highest BCUT2D eigenvalue weighted by molar-refractivity contribution is 5.94. The Morgan fingerprint density at radius 1 is 0.870 bits per heavy atom. The number of amides is 2. The zero-order valence-electron chi connectivity index (χ0n) is 12.6. The summed E-state index contributed by atoms with van der Waals surface area (Å²) >= 11 is 0. The molecule has 2 aromatic heterocycles. The van der Waals surface area contributed by atoms with E-state index in [4.69, 9.17) is 4.74 Å². The van der Waals surface area contributed by atoms with Crippen LogP contribution in [-0.2, 0) is 4.74 Å². The first-order valence-corrected chi connectivity index (χ1v) is 7.21. The molecule has 23 heavy (non-hydrogen) atoms. The van der Waals surface area contributed by atoms with Crippen molar-refractivity contribution < 1.29 is 14.3 Å². The van der Waals surface area contributed by atoms with E-state index in [9.17, 15) is 9.59 Å². The predicted octanol–water partition coefficient (Wildman–Crippen LogP) is 0.653. The van der Waals surface area contributed by atoms with Crippen LogP contribution in [0.3, 0.4) is 0 Å². The zero-order chi connectivity index (χ0) is 16.3. The molecule has 0 aliphatic carbocycles. The molecule has 2 rings (SSSR count). The molecular weight excluding hydrogens is 296 g/mol. The van der Waals surface area contributed by atoms with Gasteiger partial charge in [-0.05, 0) is 24.3 Å². The van der Waals surface area contributed by atoms with Crippen LogP contribution < -0.4 is 10.6 Å². The average molecular weight is 314 g/mol. The minimum atomic E-state index is -0.188. The first-order valence-electron chi connectivity index (χ1n) is 7.21. The van der Waals surface area contributed by atoms with Crippen molar-refractivity contribution in [3.8, 4) is 0 Å². The Bertz CT molecular complexity index is 564. The van der Waals surface area contributed by atoms with Gasteiger partial charge in [-0.3, -0.25) is 19.6 Å². The maximum atomic E-state index is 11.7. The second-order valence-electron chi connectivity index (χ2n) is 4.61. The third kappa shape index (κ3) is 5.84. The van der Waals surface area contributed by atoms with E-state index in [1.54, 1.807) is 36.7 Å². The average Bonchev–Trinajstić information content (AvgIpc) is 2.62. The van der Waals surface area contributed by atoms with Crippen molar-refractivity contribution in [1.82, 2.24) is 20.6 Å². The molecule has 7 heteroatoms. The van der Waals surface area contributed by atoms with Gasteiger partial charge in [0.05, 0.1) is 24.3 Å². The first-order chi connectivity index (χ1) is 11.3. The molecule has 0 unspecified atom stereocenters. The summed E-state index contributed by atoms with van der Waals surface area (Å²) in [5.41, 5.74) is 1.02. The van der Waals surface area contributed by atoms with Gasteiger partial charge in [-0.15, -0.1) is 0 Å². The van der Waals surface area contributed by atoms with E-state index in [1.807, 2.05) is 0 Å². The third-order valence-electron chi connectivity index (χ3n) is 2.91. The second kappa shape index (κ2) is 9.26. The fourth-order valence-corrected chi connectivity index (χ4v) is 1.77. The van der Waals surface area contributed by atoms with Crippen molar-refractivity contribution in [3.05, 3.63) is 60.2 Å². The van der Waals surface area contributed by atoms with Crippen LogP contribution in [0.1, 0.15) is 20.7 Å². The topological polar surface area (TPSA) is 93.2 Å². The molecule has 0 radical (unpaired) electrons. The number of hydrogen-bond donors (Lipinski definition) is 2. The van der Waals surface area contributed by atoms with Crippen LogP contribution in [0.25, 0.3) is 0 Å². The fourth-order valence-electron chi connectivity index (χ4n) is 1.77. The van der Waals surface area contributed by atoms with Gasteiger partial charge in [0, 0.05) is 37.9 Å². The van der Waals surface area contributed by atoms with E-state index in [0.29, 0.717) is 37.4 Å². The molecule has 0 atom stereocenters. The molecule has 2 amide bonds. The molecule has 2 heterocycles. The number of aromatic nitrogens is 2. The molecule has 0 bridgehead atoms. The molecule has 0 aliphatic rings. The van der Waals surface area contributed by atoms with E-state index in [0.717, 1.165) is 0 Å². The van der Waals surface area contributed by atoms with E-state index in [-0.39, 0.29) is 11.8 Å². The molecule has 0 saturated carbocycles. The van der Waals surface area contributed by atoms with Crippen molar-refractivity contribution in [2.45, 2.75) is 0 Å². The van der Waals surface area contributed by atoms with E-state index < -0.39 is 0 Å². The lowest BCUT2D eigenvalue weighted by Gasteiger charge is -2.07. The molecule has 7 nitrogen and oxygen atoms in total. The van der Waals surface area contributed by atoms with E-state index >= 15 is 0 Å². The van der Waals surface area contributed by atoms with Crippen molar-refractivity contribution in [2.24, 2.45) is 0 Å². The van der Waals surface area contributed by atoms with Gasteiger partial charge in [-0.25, -0.2) is 0 Å². The molecule has 2 aromatic rings. The zero-order valence-corrected chi connectivity index (χ0v) is 12.6. The Hall–Kier alpha value is -2.80. The SMILES string of the molecule is O=C(NCCOCCNC(=O)c1cccnc1)c1cccnc1. The Morgan fingerprint density at radius 2 is 1.35 bits per heavy atom. The molecule has 0 spiro atoms. The highest BCUT2D eigenvalue weighted by Crippen LogP contribution is 1.95. The highest BCUT2D eigenvalue weighted by atomic mass is 16.5. The minimum Gasteiger partial charge on any atom is -0.378 e. The molecule has 0 aromatic carbocycles. The fraction of sp³-hybridized carbons (Fsp3) is 0.250. The number of hydrogen-bond acceptors (Lipinski definition) is 5. The summed E-state index contributed by atoms with van der Waals surface area (Å²) in [5.74, 6) is -0.377. The summed E-state index contributed by atoms with van der Waals surface area (Å²) < 4.78 is 5.35. The minimum absolute atomic E-state index is 0.188. The van der Waals surface area contributed by atoms with Gasteiger partial charge in [-0.1, -0.05) is 0 Å². The van der Waals surface area contributed by atoms with Crippen LogP contribution >= 0.6 is 0 Å². The number of ether oxygens (including phenoxy) is 1. The molecule has 0 aliphatic heterocycles. The van der Waals surface area contributed by atoms with Crippen LogP contribution in [0.4, 0.5) is 0 Å². The summed E-state index contributed by atoms with van der Waals surface area (Å²) in [4.78, 5) is 31.2. The summed E-state index contributed by atoms with van der Waals surface area (Å²) in [6, 6.07) is 6.79. The smallest absolute Gasteiger partial charge is 0.252 e. The molecule has 2 N–H and O–H groups in total. The van der Waals surface area contributed by atoms with Crippen molar-refractivity contribution in [2.75, 3.05) is 26.3 Å². The van der Waals surface area contributed by atoms with E-state index in [2.05, 4.69) is 20.6 Å². The Kier molecular flexibility index (Phi) is 6.67. The number of pyridine rings is 2. The normalized spacial score (nSPS) is 10.1. The van der Waals surface area contributed by atoms with Gasteiger partial charge in [0.25, 0.3) is 11.8 Å². The van der Waals surface area contributed by atoms with E-state index in [1.165, 1.54) is 12.4 Å². The summed E-state index contributed by atoms with van der Waals surface area (Å²) in [6.45, 7) is 1.53. The van der Waals surface area contributed by atoms with Gasteiger partial charge < -0.3 is 15.4 Å². The number of rotatable bonds is 8. The number of nitrogens with one attached hydrogen (secondary N) is 2. The molecule has 0 saturated heterocycles. The van der Waals surface area contributed by atoms with Crippen LogP contribution in [0.2, 0.25) is 0 Å². The number of carbonyl (C=O) groups excluding carboxylic acids is 2. The number of nitrogens with zero attached hydrogens (tertiary/aromatic N) is 2. The van der Waals surface area contributed by atoms with Crippen LogP contribution in [0.15, 0.2) is 49.1 Å². The van der Waals surface area contributed by atoms with Crippen LogP contribution in [-0.4, -0.2) is 48.1 Å². The van der Waals surface area contributed by atoms with Crippen molar-refractivity contribution in [1.29, 1.82) is 0 Å². The molecule has 120 valence electrons. The monoisotopic (exact) mass is 314 g/mol. The maximum absolute atomic E-state index is 11.7. The van der Waals surface area contributed by atoms with Crippen LogP contribution in [0, 0.1) is 0 Å². The Labute approximate surface area is 134 Å². The number of carbonyl (C=O) groups is 2. The van der Waals surface area contributed by atoms with Crippen LogP contribution in [0.5, 0.6) is 0 Å². The van der Waals surface area contributed by atoms with Gasteiger partial charge in [0.2, 0.25) is 0 Å². The molecular formula is C16H18N4O3. The lowest BCUT2D eigenvalue weighted by atomic mass is 10.3. The van der Waals surface area contributed by atoms with Gasteiger partial charge in [0.1, 0.15) is 0 Å². The summed E-state index contributed by atoms with van der Waals surface area (Å²) in [5, 5.41) is 5.45. The summed E-state index contributed by atoms with van der Waals surface area (Å²) in [7, 11) is 0. The first kappa shape index (κ1) is 16.6. The largest absolute Gasteiger partial charge is 0.378 e. The molecule has 0 fully saturated rings. The van der Waals surface area contributed by atoms with Gasteiger partial charge >= 0.3 is 0 Å². The Balaban J connectivity index is 1.53. The van der Waals surface area contributed by atoms with Gasteiger partial charge in [-0.2, -0.15) is 0 Å². The standard InChI is InChI=1S/C16H18N4O3/c21-15(13-3-1-5-17-11-13)19-7-9-23-10-8-20-16(22)14-4-2-6-18-12-14/h1-6,11-12H,7-10H2,(H,19,21)(H,20,22). The van der Waals surface area contributed by atoms with Crippen molar-refractivity contribution >= 4 is 11.8 Å². The highest BCUT2D eigenvalue weighted by Gasteiger charge is 2.04. The van der Waals surface area contributed by atoms with Gasteiger partial charge in [0.15, 0.2) is 0 Å². The Morgan fingerprint density at radius 3 is 1.74 bits per heavy atom. The maximum Gasteiger partial charge on any atom is 0.252 e. The second-order valence-corrected chi connectivity index (χ2v) is 4.61. The quantitative estimate of drug-likeness (QED) is 0.698.